The van der Waals surface area contributed by atoms with E-state index < -0.39 is 42.1 Å². The van der Waals surface area contributed by atoms with Crippen molar-refractivity contribution >= 4 is 7.12 Å². The lowest BCUT2D eigenvalue weighted by molar-refractivity contribution is -0.149. The van der Waals surface area contributed by atoms with Gasteiger partial charge in [-0.15, -0.1) is 0 Å². The molecule has 1 saturated heterocycles. The molecule has 2 aliphatic rings. The molecule has 0 unspecified atom stereocenters. The van der Waals surface area contributed by atoms with Gasteiger partial charge in [-0.2, -0.15) is 13.2 Å². The van der Waals surface area contributed by atoms with Gasteiger partial charge in [-0.1, -0.05) is 30.3 Å². The fourth-order valence-corrected chi connectivity index (χ4v) is 3.25. The van der Waals surface area contributed by atoms with Crippen molar-refractivity contribution in [1.29, 1.82) is 0 Å². The van der Waals surface area contributed by atoms with Crippen molar-refractivity contribution < 1.29 is 22.5 Å². The van der Waals surface area contributed by atoms with E-state index >= 15 is 0 Å². The van der Waals surface area contributed by atoms with E-state index in [2.05, 4.69) is 0 Å². The largest absolute Gasteiger partial charge is 0.462 e. The number of alkyl halides is 3. The molecule has 0 spiro atoms. The Morgan fingerprint density at radius 3 is 1.91 bits per heavy atom. The molecule has 1 aromatic carbocycles. The molecule has 0 aromatic heterocycles. The van der Waals surface area contributed by atoms with Crippen molar-refractivity contribution in [3.05, 3.63) is 35.9 Å². The van der Waals surface area contributed by atoms with Gasteiger partial charge < -0.3 is 9.31 Å². The molecule has 22 heavy (non-hydrogen) atoms. The highest BCUT2D eigenvalue weighted by atomic mass is 19.4. The molecule has 0 radical (unpaired) electrons. The number of hydrogen-bond donors (Lipinski definition) is 0. The van der Waals surface area contributed by atoms with E-state index in [9.17, 15) is 13.2 Å². The molecule has 1 aliphatic heterocycles. The first-order valence-corrected chi connectivity index (χ1v) is 7.52. The zero-order chi connectivity index (χ0) is 16.3. The highest BCUT2D eigenvalue weighted by molar-refractivity contribution is 6.49. The molecule has 6 heteroatoms. The van der Waals surface area contributed by atoms with Crippen LogP contribution in [0.1, 0.15) is 39.2 Å². The third-order valence-corrected chi connectivity index (χ3v) is 5.22. The monoisotopic (exact) mass is 312 g/mol. The van der Waals surface area contributed by atoms with E-state index in [1.54, 1.807) is 30.3 Å². The van der Waals surface area contributed by atoms with Crippen LogP contribution in [0.3, 0.4) is 0 Å². The summed E-state index contributed by atoms with van der Waals surface area (Å²) in [6.45, 7) is 7.43. The van der Waals surface area contributed by atoms with Crippen molar-refractivity contribution in [2.45, 2.75) is 56.8 Å². The van der Waals surface area contributed by atoms with Crippen LogP contribution in [0.5, 0.6) is 0 Å². The summed E-state index contributed by atoms with van der Waals surface area (Å²) < 4.78 is 51.7. The summed E-state index contributed by atoms with van der Waals surface area (Å²) in [7, 11) is -0.818. The van der Waals surface area contributed by atoms with Crippen LogP contribution in [0, 0.1) is 5.92 Å². The molecule has 2 nitrogen and oxygen atoms in total. The van der Waals surface area contributed by atoms with Crippen LogP contribution in [0.2, 0.25) is 5.82 Å². The van der Waals surface area contributed by atoms with Crippen molar-refractivity contribution in [3.63, 3.8) is 0 Å². The molecular formula is C16H20BF3O2. The quantitative estimate of drug-likeness (QED) is 0.752. The summed E-state index contributed by atoms with van der Waals surface area (Å²) in [4.78, 5) is 0. The SMILES string of the molecule is CC1(C)OB([C@H]2[C@H](c3ccccc3)[C@@H]2C(F)(F)F)OC1(C)C. The van der Waals surface area contributed by atoms with Crippen LogP contribution in [-0.2, 0) is 9.31 Å². The Labute approximate surface area is 129 Å². The van der Waals surface area contributed by atoms with Crippen molar-refractivity contribution in [3.8, 4) is 0 Å². The van der Waals surface area contributed by atoms with Gasteiger partial charge >= 0.3 is 13.3 Å². The van der Waals surface area contributed by atoms with Crippen LogP contribution in [0.15, 0.2) is 30.3 Å². The van der Waals surface area contributed by atoms with E-state index in [1.807, 2.05) is 27.7 Å². The zero-order valence-electron chi connectivity index (χ0n) is 13.1. The number of halogens is 3. The van der Waals surface area contributed by atoms with Gasteiger partial charge in [0.05, 0.1) is 17.1 Å². The van der Waals surface area contributed by atoms with E-state index in [1.165, 1.54) is 0 Å². The van der Waals surface area contributed by atoms with Gasteiger partial charge in [0, 0.05) is 5.82 Å². The predicted octanol–water partition coefficient (Wildman–Crippen LogP) is 4.42. The van der Waals surface area contributed by atoms with Gasteiger partial charge in [0.15, 0.2) is 0 Å². The minimum atomic E-state index is -4.24. The first-order valence-electron chi connectivity index (χ1n) is 7.52. The van der Waals surface area contributed by atoms with E-state index in [-0.39, 0.29) is 0 Å². The van der Waals surface area contributed by atoms with Crippen molar-refractivity contribution in [1.82, 2.24) is 0 Å². The third-order valence-electron chi connectivity index (χ3n) is 5.22. The lowest BCUT2D eigenvalue weighted by Gasteiger charge is -2.32. The normalized spacial score (nSPS) is 33.0. The summed E-state index contributed by atoms with van der Waals surface area (Å²) in [6, 6.07) is 8.83. The van der Waals surface area contributed by atoms with Crippen molar-refractivity contribution in [2.75, 3.05) is 0 Å². The topological polar surface area (TPSA) is 18.5 Å². The molecule has 1 aromatic rings. The molecule has 1 saturated carbocycles. The third kappa shape index (κ3) is 2.46. The van der Waals surface area contributed by atoms with Crippen LogP contribution < -0.4 is 0 Å². The summed E-state index contributed by atoms with van der Waals surface area (Å²) in [5, 5.41) is 0. The second-order valence-electron chi connectivity index (χ2n) is 7.21. The van der Waals surface area contributed by atoms with Gasteiger partial charge in [0.2, 0.25) is 0 Å². The molecule has 3 rings (SSSR count). The average molecular weight is 312 g/mol. The lowest BCUT2D eigenvalue weighted by Crippen LogP contribution is -2.41. The predicted molar refractivity (Wildman–Crippen MR) is 78.6 cm³/mol. The summed E-state index contributed by atoms with van der Waals surface area (Å²) in [6.07, 6.45) is -4.24. The molecule has 120 valence electrons. The molecular weight excluding hydrogens is 292 g/mol. The van der Waals surface area contributed by atoms with E-state index in [0.29, 0.717) is 5.56 Å². The summed E-state index contributed by atoms with van der Waals surface area (Å²) in [5.74, 6) is -2.66. The molecule has 3 atom stereocenters. The average Bonchev–Trinajstić information content (AvgIpc) is 3.09. The Kier molecular flexibility index (Phi) is 3.42. The Morgan fingerprint density at radius 1 is 0.955 bits per heavy atom. The molecule has 0 N–H and O–H groups in total. The number of benzene rings is 1. The van der Waals surface area contributed by atoms with Crippen LogP contribution in [0.4, 0.5) is 13.2 Å². The number of rotatable bonds is 2. The Hall–Kier alpha value is -1.01. The van der Waals surface area contributed by atoms with E-state index in [4.69, 9.17) is 9.31 Å². The van der Waals surface area contributed by atoms with E-state index in [0.717, 1.165) is 0 Å². The fourth-order valence-electron chi connectivity index (χ4n) is 3.25. The minimum Gasteiger partial charge on any atom is -0.403 e. The number of hydrogen-bond acceptors (Lipinski definition) is 2. The maximum Gasteiger partial charge on any atom is 0.462 e. The molecule has 0 bridgehead atoms. The highest BCUT2D eigenvalue weighted by Crippen LogP contribution is 2.68. The molecule has 1 heterocycles. The van der Waals surface area contributed by atoms with Gasteiger partial charge in [-0.3, -0.25) is 0 Å². The Morgan fingerprint density at radius 2 is 1.45 bits per heavy atom. The minimum absolute atomic E-state index is 0.587. The zero-order valence-corrected chi connectivity index (χ0v) is 13.1. The lowest BCUT2D eigenvalue weighted by atomic mass is 9.78. The van der Waals surface area contributed by atoms with Crippen LogP contribution in [-0.4, -0.2) is 24.5 Å². The summed E-state index contributed by atoms with van der Waals surface area (Å²) in [5.41, 5.74) is -0.528. The Balaban J connectivity index is 1.87. The fraction of sp³-hybridized carbons (Fsp3) is 0.625. The first kappa shape index (κ1) is 15.9. The second-order valence-corrected chi connectivity index (χ2v) is 7.21. The summed E-state index contributed by atoms with van der Waals surface area (Å²) >= 11 is 0. The molecule has 1 aliphatic carbocycles. The highest BCUT2D eigenvalue weighted by Gasteiger charge is 2.72. The molecule has 2 fully saturated rings. The Bertz CT molecular complexity index is 540. The second kappa shape index (κ2) is 4.74. The molecule has 0 amide bonds. The van der Waals surface area contributed by atoms with Gasteiger partial charge in [-0.25, -0.2) is 0 Å². The van der Waals surface area contributed by atoms with Crippen LogP contribution >= 0.6 is 0 Å². The standard InChI is InChI=1S/C16H20BF3O2/c1-14(2)15(3,4)22-17(21-14)13-11(12(13)16(18,19)20)10-8-6-5-7-9-10/h5-9,11-13H,1-4H3/t11-,12+,13+/m1/s1. The smallest absolute Gasteiger partial charge is 0.403 e. The van der Waals surface area contributed by atoms with Crippen molar-refractivity contribution in [2.24, 2.45) is 5.92 Å². The van der Waals surface area contributed by atoms with Gasteiger partial charge in [0.1, 0.15) is 0 Å². The maximum absolute atomic E-state index is 13.4. The van der Waals surface area contributed by atoms with Crippen LogP contribution in [0.25, 0.3) is 0 Å². The van der Waals surface area contributed by atoms with Gasteiger partial charge in [0.25, 0.3) is 0 Å². The van der Waals surface area contributed by atoms with Gasteiger partial charge in [-0.05, 0) is 39.2 Å². The maximum atomic E-state index is 13.4. The first-order chi connectivity index (χ1) is 10.0.